The van der Waals surface area contributed by atoms with Crippen molar-refractivity contribution in [2.24, 2.45) is 5.10 Å². The minimum absolute atomic E-state index is 0.700. The number of hydrogen-bond donors (Lipinski definition) is 6. The molecule has 0 bridgehead atoms. The molecule has 0 aromatic rings. The van der Waals surface area contributed by atoms with E-state index in [1.54, 1.807) is 0 Å². The van der Waals surface area contributed by atoms with E-state index in [0.29, 0.717) is 0 Å². The van der Waals surface area contributed by atoms with Gasteiger partial charge in [0.2, 0.25) is 0 Å². The molecule has 0 aromatic carbocycles. The number of nitrogens with one attached hydrogen (secondary N) is 1. The summed E-state index contributed by atoms with van der Waals surface area (Å²) in [7, 11) is 1.49. The van der Waals surface area contributed by atoms with Crippen LogP contribution in [-0.2, 0) is 0 Å². The van der Waals surface area contributed by atoms with E-state index in [2.05, 4.69) is 10.5 Å². The van der Waals surface area contributed by atoms with Crippen LogP contribution in [0.1, 0.15) is 0 Å². The van der Waals surface area contributed by atoms with E-state index in [1.165, 1.54) is 7.05 Å². The van der Waals surface area contributed by atoms with Crippen LogP contribution >= 0.6 is 0 Å². The highest BCUT2D eigenvalue weighted by atomic mass is 16.4. The Morgan fingerprint density at radius 1 is 1.21 bits per heavy atom. The smallest absolute Gasteiger partial charge is 0.119 e. The van der Waals surface area contributed by atoms with Crippen molar-refractivity contribution in [3.63, 3.8) is 0 Å². The number of hydrogen-bond acceptors (Lipinski definition) is 7. The summed E-state index contributed by atoms with van der Waals surface area (Å²) in [4.78, 5) is 0. The molecule has 6 N–H and O–H groups in total. The molecule has 0 saturated carbocycles. The van der Waals surface area contributed by atoms with Gasteiger partial charge in [0.15, 0.2) is 0 Å². The van der Waals surface area contributed by atoms with Crippen molar-refractivity contribution in [2.75, 3.05) is 13.7 Å². The molecule has 0 fully saturated rings. The van der Waals surface area contributed by atoms with Crippen molar-refractivity contribution in [3.05, 3.63) is 0 Å². The summed E-state index contributed by atoms with van der Waals surface area (Å²) in [6, 6.07) is 0. The highest BCUT2D eigenvalue weighted by molar-refractivity contribution is 5.63. The quantitative estimate of drug-likeness (QED) is 0.200. The van der Waals surface area contributed by atoms with Gasteiger partial charge in [0, 0.05) is 7.05 Å². The van der Waals surface area contributed by atoms with Gasteiger partial charge in [0.25, 0.3) is 0 Å². The van der Waals surface area contributed by atoms with Crippen LogP contribution in [0.5, 0.6) is 0 Å². The second-order valence-corrected chi connectivity index (χ2v) is 2.72. The predicted octanol–water partition coefficient (Wildman–Crippen LogP) is -3.37. The summed E-state index contributed by atoms with van der Waals surface area (Å²) in [5.41, 5.74) is 2.34. The molecule has 0 aliphatic carbocycles. The summed E-state index contributed by atoms with van der Waals surface area (Å²) in [5.74, 6) is 0. The molecule has 84 valence electrons. The van der Waals surface area contributed by atoms with Gasteiger partial charge in [-0.25, -0.2) is 0 Å². The van der Waals surface area contributed by atoms with Gasteiger partial charge in [-0.15, -0.1) is 0 Å². The minimum Gasteiger partial charge on any atom is -0.394 e. The van der Waals surface area contributed by atoms with Crippen molar-refractivity contribution >= 4 is 6.21 Å². The standard InChI is InChI=1S/C7H16N2O5/c1-8-9-2-4(11)6(13)7(14)5(12)3-10/h2,4-8,10-14H,3H2,1H3/t4-,5+,6+,7+/m0/s1. The van der Waals surface area contributed by atoms with Gasteiger partial charge in [0.1, 0.15) is 24.4 Å². The molecular formula is C7H16N2O5. The van der Waals surface area contributed by atoms with Gasteiger partial charge in [-0.3, -0.25) is 0 Å². The molecular weight excluding hydrogens is 192 g/mol. The summed E-state index contributed by atoms with van der Waals surface area (Å²) >= 11 is 0. The Labute approximate surface area is 81.3 Å². The third-order valence-electron chi connectivity index (χ3n) is 1.64. The fraction of sp³-hybridized carbons (Fsp3) is 0.857. The van der Waals surface area contributed by atoms with E-state index in [0.717, 1.165) is 6.21 Å². The van der Waals surface area contributed by atoms with E-state index in [9.17, 15) is 10.2 Å². The zero-order chi connectivity index (χ0) is 11.1. The first kappa shape index (κ1) is 13.3. The van der Waals surface area contributed by atoms with E-state index >= 15 is 0 Å². The fourth-order valence-corrected chi connectivity index (χ4v) is 0.777. The lowest BCUT2D eigenvalue weighted by Gasteiger charge is -2.23. The van der Waals surface area contributed by atoms with Crippen LogP contribution in [0.15, 0.2) is 5.10 Å². The van der Waals surface area contributed by atoms with Crippen molar-refractivity contribution < 1.29 is 25.5 Å². The van der Waals surface area contributed by atoms with E-state index < -0.39 is 31.0 Å². The van der Waals surface area contributed by atoms with Crippen molar-refractivity contribution in [3.8, 4) is 0 Å². The fourth-order valence-electron chi connectivity index (χ4n) is 0.777. The molecule has 0 amide bonds. The molecule has 0 aromatic heterocycles. The maximum absolute atomic E-state index is 9.22. The normalized spacial score (nSPS) is 20.4. The largest absolute Gasteiger partial charge is 0.394 e. The molecule has 0 heterocycles. The average molecular weight is 208 g/mol. The second-order valence-electron chi connectivity index (χ2n) is 2.72. The molecule has 0 spiro atoms. The maximum Gasteiger partial charge on any atom is 0.119 e. The third kappa shape index (κ3) is 3.99. The van der Waals surface area contributed by atoms with Gasteiger partial charge >= 0.3 is 0 Å². The molecule has 0 saturated heterocycles. The van der Waals surface area contributed by atoms with Crippen LogP contribution in [0.2, 0.25) is 0 Å². The highest BCUT2D eigenvalue weighted by Gasteiger charge is 2.28. The molecule has 7 heteroatoms. The molecule has 4 atom stereocenters. The summed E-state index contributed by atoms with van der Waals surface area (Å²) in [5, 5.41) is 48.4. The summed E-state index contributed by atoms with van der Waals surface area (Å²) in [6.45, 7) is -0.700. The molecule has 14 heavy (non-hydrogen) atoms. The first-order valence-electron chi connectivity index (χ1n) is 4.07. The van der Waals surface area contributed by atoms with Crippen LogP contribution < -0.4 is 5.43 Å². The molecule has 0 radical (unpaired) electrons. The van der Waals surface area contributed by atoms with Crippen molar-refractivity contribution in [1.82, 2.24) is 5.43 Å². The second kappa shape index (κ2) is 6.68. The van der Waals surface area contributed by atoms with Crippen LogP contribution in [0.3, 0.4) is 0 Å². The van der Waals surface area contributed by atoms with Crippen LogP contribution in [0.4, 0.5) is 0 Å². The monoisotopic (exact) mass is 208 g/mol. The molecule has 0 aliphatic heterocycles. The summed E-state index contributed by atoms with van der Waals surface area (Å²) < 4.78 is 0. The van der Waals surface area contributed by atoms with E-state index in [4.69, 9.17) is 15.3 Å². The Bertz CT molecular complexity index is 177. The number of nitrogens with zero attached hydrogens (tertiary/aromatic N) is 1. The first-order valence-corrected chi connectivity index (χ1v) is 4.07. The number of hydrazone groups is 1. The van der Waals surface area contributed by atoms with Crippen LogP contribution in [0.25, 0.3) is 0 Å². The highest BCUT2D eigenvalue weighted by Crippen LogP contribution is 2.03. The average Bonchev–Trinajstić information content (AvgIpc) is 2.22. The third-order valence-corrected chi connectivity index (χ3v) is 1.64. The Morgan fingerprint density at radius 3 is 2.21 bits per heavy atom. The van der Waals surface area contributed by atoms with Gasteiger partial charge in [-0.2, -0.15) is 5.10 Å². The van der Waals surface area contributed by atoms with Gasteiger partial charge in [-0.1, -0.05) is 0 Å². The maximum atomic E-state index is 9.22. The predicted molar refractivity (Wildman–Crippen MR) is 48.7 cm³/mol. The Morgan fingerprint density at radius 2 is 1.79 bits per heavy atom. The van der Waals surface area contributed by atoms with Crippen molar-refractivity contribution in [2.45, 2.75) is 24.4 Å². The van der Waals surface area contributed by atoms with Gasteiger partial charge < -0.3 is 31.0 Å². The SMILES string of the molecule is CNN=C[C@H](O)[C@@H](O)[C@H](O)[C@H](O)CO. The minimum atomic E-state index is -1.63. The number of aliphatic hydroxyl groups excluding tert-OH is 5. The number of aliphatic hydroxyl groups is 5. The molecule has 0 aliphatic rings. The lowest BCUT2D eigenvalue weighted by Crippen LogP contribution is -2.46. The molecule has 0 unspecified atom stereocenters. The van der Waals surface area contributed by atoms with E-state index in [1.807, 2.05) is 0 Å². The zero-order valence-corrected chi connectivity index (χ0v) is 7.78. The lowest BCUT2D eigenvalue weighted by atomic mass is 10.0. The Kier molecular flexibility index (Phi) is 6.34. The number of rotatable bonds is 6. The van der Waals surface area contributed by atoms with Crippen molar-refractivity contribution in [1.29, 1.82) is 0 Å². The Balaban J connectivity index is 4.15. The molecule has 7 nitrogen and oxygen atoms in total. The van der Waals surface area contributed by atoms with Crippen LogP contribution in [0, 0.1) is 0 Å². The van der Waals surface area contributed by atoms with Crippen LogP contribution in [-0.4, -0.2) is 69.8 Å². The molecule has 0 rings (SSSR count). The summed E-state index contributed by atoms with van der Waals surface area (Å²) in [6.07, 6.45) is -5.17. The Hall–Kier alpha value is -0.730. The van der Waals surface area contributed by atoms with E-state index in [-0.39, 0.29) is 0 Å². The lowest BCUT2D eigenvalue weighted by molar-refractivity contribution is -0.0999. The first-order chi connectivity index (χ1) is 6.54. The topological polar surface area (TPSA) is 126 Å². The van der Waals surface area contributed by atoms with Gasteiger partial charge in [0.05, 0.1) is 12.8 Å². The van der Waals surface area contributed by atoms with Gasteiger partial charge in [-0.05, 0) is 0 Å². The zero-order valence-electron chi connectivity index (χ0n) is 7.78.